The zero-order chi connectivity index (χ0) is 21.3. The van der Waals surface area contributed by atoms with E-state index in [2.05, 4.69) is 9.98 Å². The first kappa shape index (κ1) is 20.4. The number of hydrogen-bond acceptors (Lipinski definition) is 5. The van der Waals surface area contributed by atoms with Gasteiger partial charge in [-0.25, -0.2) is 14.8 Å². The van der Waals surface area contributed by atoms with Crippen LogP contribution < -0.4 is 0 Å². The van der Waals surface area contributed by atoms with Crippen LogP contribution >= 0.6 is 0 Å². The fourth-order valence-corrected chi connectivity index (χ4v) is 3.01. The van der Waals surface area contributed by atoms with Gasteiger partial charge >= 0.3 is 12.1 Å². The molecule has 0 unspecified atom stereocenters. The first-order valence-corrected chi connectivity index (χ1v) is 8.74. The Morgan fingerprint density at radius 1 is 1.28 bits per heavy atom. The van der Waals surface area contributed by atoms with Gasteiger partial charge in [0.05, 0.1) is 29.3 Å². The van der Waals surface area contributed by atoms with Gasteiger partial charge in [-0.2, -0.15) is 13.2 Å². The molecule has 0 atom stereocenters. The summed E-state index contributed by atoms with van der Waals surface area (Å²) in [4.78, 5) is 20.3. The lowest BCUT2D eigenvalue weighted by Crippen LogP contribution is -2.13. The van der Waals surface area contributed by atoms with Gasteiger partial charge < -0.3 is 14.4 Å². The number of esters is 1. The van der Waals surface area contributed by atoms with Crippen LogP contribution in [0.25, 0.3) is 11.8 Å². The van der Waals surface area contributed by atoms with Crippen molar-refractivity contribution in [3.05, 3.63) is 64.6 Å². The number of aliphatic hydroxyl groups is 1. The van der Waals surface area contributed by atoms with Crippen LogP contribution in [0.4, 0.5) is 13.2 Å². The van der Waals surface area contributed by atoms with Crippen LogP contribution in [0.1, 0.15) is 30.9 Å². The van der Waals surface area contributed by atoms with Crippen LogP contribution in [0.15, 0.2) is 52.5 Å². The lowest BCUT2D eigenvalue weighted by molar-refractivity contribution is -0.138. The number of imidazole rings is 1. The van der Waals surface area contributed by atoms with E-state index >= 15 is 0 Å². The largest absolute Gasteiger partial charge is 0.505 e. The average Bonchev–Trinajstić information content (AvgIpc) is 3.13. The molecule has 6 nitrogen and oxygen atoms in total. The molecule has 0 saturated carbocycles. The van der Waals surface area contributed by atoms with Crippen LogP contribution in [0, 0.1) is 6.92 Å². The SMILES string of the molecule is CCOC(=O)C1=C(O)/C(=C\c2cn(-c3ccccc3C(F)(F)F)c(C)n2)N=C1C. The molecule has 0 radical (unpaired) electrons. The van der Waals surface area contributed by atoms with Gasteiger partial charge in [0.25, 0.3) is 0 Å². The van der Waals surface area contributed by atoms with Crippen molar-refractivity contribution >= 4 is 17.8 Å². The highest BCUT2D eigenvalue weighted by atomic mass is 19.4. The molecule has 1 aliphatic heterocycles. The molecule has 152 valence electrons. The van der Waals surface area contributed by atoms with Gasteiger partial charge in [-0.1, -0.05) is 12.1 Å². The summed E-state index contributed by atoms with van der Waals surface area (Å²) in [6.45, 7) is 4.90. The van der Waals surface area contributed by atoms with Gasteiger partial charge in [0, 0.05) is 6.20 Å². The molecule has 1 aliphatic rings. The molecule has 1 aromatic carbocycles. The maximum atomic E-state index is 13.3. The number of aliphatic imine (C=N–C) groups is 1. The molecule has 1 N–H and O–H groups in total. The fourth-order valence-electron chi connectivity index (χ4n) is 3.01. The maximum Gasteiger partial charge on any atom is 0.418 e. The zero-order valence-electron chi connectivity index (χ0n) is 15.9. The number of nitrogens with zero attached hydrogens (tertiary/aromatic N) is 3. The summed E-state index contributed by atoms with van der Waals surface area (Å²) in [6.07, 6.45) is -1.72. The van der Waals surface area contributed by atoms with Gasteiger partial charge in [0.15, 0.2) is 5.76 Å². The number of benzene rings is 1. The third-order valence-electron chi connectivity index (χ3n) is 4.26. The van der Waals surface area contributed by atoms with Crippen LogP contribution in [0.5, 0.6) is 0 Å². The van der Waals surface area contributed by atoms with Crippen molar-refractivity contribution in [1.29, 1.82) is 0 Å². The lowest BCUT2D eigenvalue weighted by atomic mass is 10.1. The minimum absolute atomic E-state index is 0.0447. The normalized spacial score (nSPS) is 15.8. The van der Waals surface area contributed by atoms with Crippen LogP contribution in [-0.4, -0.2) is 32.9 Å². The van der Waals surface area contributed by atoms with Crippen LogP contribution in [0.2, 0.25) is 0 Å². The maximum absolute atomic E-state index is 13.3. The standard InChI is InChI=1S/C20H18F3N3O3/c1-4-29-19(28)17-11(2)24-15(18(17)27)9-13-10-26(12(3)25-13)16-8-6-5-7-14(16)20(21,22)23/h5-10,27H,4H2,1-3H3/b15-9+. The van der Waals surface area contributed by atoms with Crippen molar-refractivity contribution in [2.24, 2.45) is 4.99 Å². The topological polar surface area (TPSA) is 76.7 Å². The predicted octanol–water partition coefficient (Wildman–Crippen LogP) is 4.39. The Kier molecular flexibility index (Phi) is 5.32. The Morgan fingerprint density at radius 2 is 1.97 bits per heavy atom. The van der Waals surface area contributed by atoms with Gasteiger partial charge in [-0.3, -0.25) is 0 Å². The molecular weight excluding hydrogens is 387 g/mol. The van der Waals surface area contributed by atoms with E-state index in [1.165, 1.54) is 35.0 Å². The third kappa shape index (κ3) is 3.94. The number of rotatable bonds is 4. The first-order chi connectivity index (χ1) is 13.6. The van der Waals surface area contributed by atoms with Gasteiger partial charge in [0.2, 0.25) is 0 Å². The Balaban J connectivity index is 2.02. The molecule has 2 aromatic rings. The smallest absolute Gasteiger partial charge is 0.418 e. The van der Waals surface area contributed by atoms with Gasteiger partial charge in [0.1, 0.15) is 17.1 Å². The average molecular weight is 405 g/mol. The number of hydrogen-bond donors (Lipinski definition) is 1. The number of aryl methyl sites for hydroxylation is 1. The number of halogens is 3. The highest BCUT2D eigenvalue weighted by Crippen LogP contribution is 2.34. The molecule has 29 heavy (non-hydrogen) atoms. The Labute approximate surface area is 164 Å². The molecule has 9 heteroatoms. The summed E-state index contributed by atoms with van der Waals surface area (Å²) in [5, 5.41) is 10.3. The van der Waals surface area contributed by atoms with Crippen LogP contribution in [-0.2, 0) is 15.7 Å². The number of aromatic nitrogens is 2. The zero-order valence-corrected chi connectivity index (χ0v) is 15.9. The third-order valence-corrected chi connectivity index (χ3v) is 4.26. The quantitative estimate of drug-likeness (QED) is 0.766. The molecule has 2 heterocycles. The fraction of sp³-hybridized carbons (Fsp3) is 0.250. The second kappa shape index (κ2) is 7.57. The molecule has 0 spiro atoms. The summed E-state index contributed by atoms with van der Waals surface area (Å²) >= 11 is 0. The number of carbonyl (C=O) groups is 1. The van der Waals surface area contributed by atoms with E-state index < -0.39 is 17.7 Å². The molecular formula is C20H18F3N3O3. The number of ether oxygens (including phenoxy) is 1. The van der Waals surface area contributed by atoms with Crippen molar-refractivity contribution < 1.29 is 27.8 Å². The lowest BCUT2D eigenvalue weighted by Gasteiger charge is -2.13. The minimum Gasteiger partial charge on any atom is -0.505 e. The molecule has 0 saturated heterocycles. The molecule has 0 aliphatic carbocycles. The van der Waals surface area contributed by atoms with E-state index in [1.807, 2.05) is 0 Å². The second-order valence-electron chi connectivity index (χ2n) is 6.27. The minimum atomic E-state index is -4.52. The highest BCUT2D eigenvalue weighted by Gasteiger charge is 2.34. The predicted molar refractivity (Wildman–Crippen MR) is 101 cm³/mol. The second-order valence-corrected chi connectivity index (χ2v) is 6.27. The van der Waals surface area contributed by atoms with E-state index in [0.717, 1.165) is 6.07 Å². The van der Waals surface area contributed by atoms with E-state index in [4.69, 9.17) is 4.74 Å². The summed E-state index contributed by atoms with van der Waals surface area (Å²) < 4.78 is 46.2. The summed E-state index contributed by atoms with van der Waals surface area (Å²) in [6, 6.07) is 5.17. The van der Waals surface area contributed by atoms with Gasteiger partial charge in [-0.15, -0.1) is 0 Å². The number of alkyl halides is 3. The van der Waals surface area contributed by atoms with E-state index in [9.17, 15) is 23.1 Å². The summed E-state index contributed by atoms with van der Waals surface area (Å²) in [5.41, 5.74) is -0.251. The van der Waals surface area contributed by atoms with Crippen molar-refractivity contribution in [1.82, 2.24) is 9.55 Å². The highest BCUT2D eigenvalue weighted by molar-refractivity contribution is 6.22. The molecule has 0 bridgehead atoms. The van der Waals surface area contributed by atoms with Gasteiger partial charge in [-0.05, 0) is 39.0 Å². The van der Waals surface area contributed by atoms with E-state index in [-0.39, 0.29) is 40.7 Å². The van der Waals surface area contributed by atoms with Crippen LogP contribution in [0.3, 0.4) is 0 Å². The number of carbonyl (C=O) groups excluding carboxylic acids is 1. The Hall–Kier alpha value is -3.36. The molecule has 0 fully saturated rings. The molecule has 0 amide bonds. The number of para-hydroxylation sites is 1. The van der Waals surface area contributed by atoms with Crippen molar-refractivity contribution in [3.63, 3.8) is 0 Å². The van der Waals surface area contributed by atoms with E-state index in [1.54, 1.807) is 20.8 Å². The van der Waals surface area contributed by atoms with Crippen molar-refractivity contribution in [3.8, 4) is 5.69 Å². The number of aliphatic hydroxyl groups excluding tert-OH is 1. The van der Waals surface area contributed by atoms with Crippen molar-refractivity contribution in [2.45, 2.75) is 26.9 Å². The summed E-state index contributed by atoms with van der Waals surface area (Å²) in [5.74, 6) is -0.736. The molecule has 1 aromatic heterocycles. The Bertz CT molecular complexity index is 1060. The molecule has 3 rings (SSSR count). The summed E-state index contributed by atoms with van der Waals surface area (Å²) in [7, 11) is 0. The Morgan fingerprint density at radius 3 is 2.62 bits per heavy atom. The van der Waals surface area contributed by atoms with E-state index in [0.29, 0.717) is 5.82 Å². The van der Waals surface area contributed by atoms with Crippen molar-refractivity contribution in [2.75, 3.05) is 6.61 Å². The first-order valence-electron chi connectivity index (χ1n) is 8.74. The monoisotopic (exact) mass is 405 g/mol.